The first-order valence-corrected chi connectivity index (χ1v) is 7.36. The number of benzene rings is 1. The van der Waals surface area contributed by atoms with E-state index in [0.29, 0.717) is 23.8 Å². The molecule has 3 rings (SSSR count). The smallest absolute Gasteiger partial charge is 0.146 e. The Balaban J connectivity index is 1.72. The van der Waals surface area contributed by atoms with Crippen LogP contribution in [-0.4, -0.2) is 30.1 Å². The fraction of sp³-hybridized carbons (Fsp3) is 0.571. The number of halogens is 2. The SMILES string of the molecule is CN1C2CCC1CC(Nc1cc(Br)ccc1F)C2. The minimum atomic E-state index is -0.163. The molecule has 0 aromatic heterocycles. The highest BCUT2D eigenvalue weighted by Gasteiger charge is 2.38. The largest absolute Gasteiger partial charge is 0.380 e. The first-order chi connectivity index (χ1) is 8.63. The molecule has 2 fully saturated rings. The summed E-state index contributed by atoms with van der Waals surface area (Å²) in [5.74, 6) is -0.163. The van der Waals surface area contributed by atoms with Crippen molar-refractivity contribution in [3.63, 3.8) is 0 Å². The maximum atomic E-state index is 13.7. The van der Waals surface area contributed by atoms with Gasteiger partial charge in [-0.25, -0.2) is 4.39 Å². The summed E-state index contributed by atoms with van der Waals surface area (Å²) in [5.41, 5.74) is 0.623. The van der Waals surface area contributed by atoms with Crippen molar-refractivity contribution in [2.75, 3.05) is 12.4 Å². The summed E-state index contributed by atoms with van der Waals surface area (Å²) in [6.45, 7) is 0. The molecule has 98 valence electrons. The van der Waals surface area contributed by atoms with Crippen molar-refractivity contribution >= 4 is 21.6 Å². The van der Waals surface area contributed by atoms with Crippen LogP contribution in [0.3, 0.4) is 0 Å². The molecule has 2 nitrogen and oxygen atoms in total. The summed E-state index contributed by atoms with van der Waals surface area (Å²) in [6, 6.07) is 6.83. The maximum absolute atomic E-state index is 13.7. The van der Waals surface area contributed by atoms with Crippen LogP contribution in [0, 0.1) is 5.82 Å². The van der Waals surface area contributed by atoms with E-state index in [1.807, 2.05) is 6.07 Å². The summed E-state index contributed by atoms with van der Waals surface area (Å²) in [7, 11) is 2.22. The molecule has 2 aliphatic rings. The molecule has 4 heteroatoms. The van der Waals surface area contributed by atoms with E-state index >= 15 is 0 Å². The molecule has 2 unspecified atom stereocenters. The predicted molar refractivity (Wildman–Crippen MR) is 75.3 cm³/mol. The summed E-state index contributed by atoms with van der Waals surface area (Å²) < 4.78 is 14.6. The number of rotatable bonds is 2. The van der Waals surface area contributed by atoms with Crippen molar-refractivity contribution in [1.82, 2.24) is 4.90 Å². The molecule has 0 radical (unpaired) electrons. The quantitative estimate of drug-likeness (QED) is 0.897. The van der Waals surface area contributed by atoms with Crippen LogP contribution in [0.4, 0.5) is 10.1 Å². The Labute approximate surface area is 116 Å². The number of hydrogen-bond donors (Lipinski definition) is 1. The lowest BCUT2D eigenvalue weighted by atomic mass is 9.98. The van der Waals surface area contributed by atoms with Gasteiger partial charge in [0.25, 0.3) is 0 Å². The Morgan fingerprint density at radius 3 is 2.61 bits per heavy atom. The van der Waals surface area contributed by atoms with Gasteiger partial charge in [-0.3, -0.25) is 0 Å². The van der Waals surface area contributed by atoms with Crippen molar-refractivity contribution in [3.05, 3.63) is 28.5 Å². The van der Waals surface area contributed by atoms with Gasteiger partial charge in [0, 0.05) is 22.6 Å². The van der Waals surface area contributed by atoms with Gasteiger partial charge in [0.1, 0.15) is 5.82 Å². The van der Waals surface area contributed by atoms with E-state index in [0.717, 1.165) is 17.3 Å². The van der Waals surface area contributed by atoms with Gasteiger partial charge in [-0.2, -0.15) is 0 Å². The maximum Gasteiger partial charge on any atom is 0.146 e. The van der Waals surface area contributed by atoms with Crippen LogP contribution in [0.2, 0.25) is 0 Å². The van der Waals surface area contributed by atoms with Gasteiger partial charge < -0.3 is 10.2 Å². The van der Waals surface area contributed by atoms with Crippen LogP contribution in [-0.2, 0) is 0 Å². The molecule has 2 saturated heterocycles. The second-order valence-electron chi connectivity index (χ2n) is 5.49. The summed E-state index contributed by atoms with van der Waals surface area (Å²) in [6.07, 6.45) is 4.83. The van der Waals surface area contributed by atoms with Gasteiger partial charge in [0.15, 0.2) is 0 Å². The lowest BCUT2D eigenvalue weighted by Gasteiger charge is -2.37. The minimum absolute atomic E-state index is 0.163. The molecule has 0 amide bonds. The van der Waals surface area contributed by atoms with Gasteiger partial charge in [-0.05, 0) is 50.9 Å². The third-order valence-electron chi connectivity index (χ3n) is 4.39. The number of piperidine rings is 1. The molecule has 1 aromatic rings. The highest BCUT2D eigenvalue weighted by atomic mass is 79.9. The molecule has 1 N–H and O–H groups in total. The van der Waals surface area contributed by atoms with Crippen LogP contribution in [0.25, 0.3) is 0 Å². The Bertz CT molecular complexity index is 437. The van der Waals surface area contributed by atoms with Gasteiger partial charge in [-0.1, -0.05) is 15.9 Å². The zero-order valence-corrected chi connectivity index (χ0v) is 12.1. The molecule has 0 spiro atoms. The van der Waals surface area contributed by atoms with Crippen molar-refractivity contribution in [1.29, 1.82) is 0 Å². The molecule has 0 aliphatic carbocycles. The highest BCUT2D eigenvalue weighted by Crippen LogP contribution is 2.35. The van der Waals surface area contributed by atoms with Crippen molar-refractivity contribution in [2.24, 2.45) is 0 Å². The average Bonchev–Trinajstić information content (AvgIpc) is 2.58. The molecule has 18 heavy (non-hydrogen) atoms. The number of nitrogens with zero attached hydrogens (tertiary/aromatic N) is 1. The van der Waals surface area contributed by atoms with E-state index in [1.54, 1.807) is 6.07 Å². The van der Waals surface area contributed by atoms with Crippen LogP contribution < -0.4 is 5.32 Å². The third kappa shape index (κ3) is 2.28. The van der Waals surface area contributed by atoms with E-state index < -0.39 is 0 Å². The Morgan fingerprint density at radius 1 is 1.28 bits per heavy atom. The van der Waals surface area contributed by atoms with Crippen molar-refractivity contribution in [3.8, 4) is 0 Å². The Morgan fingerprint density at radius 2 is 1.94 bits per heavy atom. The first kappa shape index (κ1) is 12.4. The molecule has 2 aliphatic heterocycles. The average molecular weight is 313 g/mol. The predicted octanol–water partition coefficient (Wildman–Crippen LogP) is 3.63. The summed E-state index contributed by atoms with van der Waals surface area (Å²) in [5, 5.41) is 3.38. The Kier molecular flexibility index (Phi) is 3.32. The van der Waals surface area contributed by atoms with E-state index in [4.69, 9.17) is 0 Å². The second kappa shape index (κ2) is 4.82. The van der Waals surface area contributed by atoms with Gasteiger partial charge in [0.2, 0.25) is 0 Å². The molecule has 0 saturated carbocycles. The highest BCUT2D eigenvalue weighted by molar-refractivity contribution is 9.10. The molecular weight excluding hydrogens is 295 g/mol. The van der Waals surface area contributed by atoms with Crippen LogP contribution in [0.5, 0.6) is 0 Å². The van der Waals surface area contributed by atoms with Gasteiger partial charge in [0.05, 0.1) is 5.69 Å². The number of fused-ring (bicyclic) bond motifs is 2. The molecule has 2 bridgehead atoms. The normalized spacial score (nSPS) is 31.6. The van der Waals surface area contributed by atoms with E-state index in [2.05, 4.69) is 33.2 Å². The van der Waals surface area contributed by atoms with Crippen molar-refractivity contribution in [2.45, 2.75) is 43.8 Å². The molecule has 2 atom stereocenters. The molecule has 2 heterocycles. The fourth-order valence-electron chi connectivity index (χ4n) is 3.36. The number of anilines is 1. The topological polar surface area (TPSA) is 15.3 Å². The lowest BCUT2D eigenvalue weighted by Crippen LogP contribution is -2.44. The molecule has 1 aromatic carbocycles. The summed E-state index contributed by atoms with van der Waals surface area (Å²) in [4.78, 5) is 2.50. The van der Waals surface area contributed by atoms with Crippen LogP contribution >= 0.6 is 15.9 Å². The van der Waals surface area contributed by atoms with Crippen molar-refractivity contribution < 1.29 is 4.39 Å². The van der Waals surface area contributed by atoms with Gasteiger partial charge >= 0.3 is 0 Å². The van der Waals surface area contributed by atoms with E-state index in [9.17, 15) is 4.39 Å². The number of hydrogen-bond acceptors (Lipinski definition) is 2. The zero-order valence-electron chi connectivity index (χ0n) is 10.5. The molecular formula is C14H18BrFN2. The fourth-order valence-corrected chi connectivity index (χ4v) is 3.72. The second-order valence-corrected chi connectivity index (χ2v) is 6.40. The van der Waals surface area contributed by atoms with Gasteiger partial charge in [-0.15, -0.1) is 0 Å². The van der Waals surface area contributed by atoms with E-state index in [1.165, 1.54) is 18.9 Å². The monoisotopic (exact) mass is 312 g/mol. The third-order valence-corrected chi connectivity index (χ3v) is 4.88. The zero-order chi connectivity index (χ0) is 12.7. The minimum Gasteiger partial charge on any atom is -0.380 e. The van der Waals surface area contributed by atoms with Crippen LogP contribution in [0.15, 0.2) is 22.7 Å². The summed E-state index contributed by atoms with van der Waals surface area (Å²) >= 11 is 3.39. The standard InChI is InChI=1S/C14H18BrFN2/c1-18-11-3-4-12(18)8-10(7-11)17-14-6-9(15)2-5-13(14)16/h2,5-6,10-12,17H,3-4,7-8H2,1H3. The van der Waals surface area contributed by atoms with Crippen LogP contribution in [0.1, 0.15) is 25.7 Å². The lowest BCUT2D eigenvalue weighted by molar-refractivity contribution is 0.169. The first-order valence-electron chi connectivity index (χ1n) is 6.57. The van der Waals surface area contributed by atoms with E-state index in [-0.39, 0.29) is 5.82 Å². The Hall–Kier alpha value is -0.610. The number of nitrogens with one attached hydrogen (secondary N) is 1.